The molecule has 2 aromatic rings. The van der Waals surface area contributed by atoms with Crippen molar-refractivity contribution in [1.29, 1.82) is 0 Å². The van der Waals surface area contributed by atoms with Crippen molar-refractivity contribution in [3.05, 3.63) is 64.4 Å². The molecule has 2 aliphatic rings. The fourth-order valence-electron chi connectivity index (χ4n) is 2.81. The van der Waals surface area contributed by atoms with Gasteiger partial charge in [0.1, 0.15) is 11.3 Å². The molecule has 0 unspecified atom stereocenters. The van der Waals surface area contributed by atoms with Gasteiger partial charge in [0.15, 0.2) is 5.70 Å². The Kier molecular flexibility index (Phi) is 2.72. The first-order valence-corrected chi connectivity index (χ1v) is 7.78. The third-order valence-electron chi connectivity index (χ3n) is 3.64. The monoisotopic (exact) mass is 414 g/mol. The molecule has 0 saturated carbocycles. The van der Waals surface area contributed by atoms with Gasteiger partial charge in [-0.25, -0.2) is 0 Å². The van der Waals surface area contributed by atoms with Crippen molar-refractivity contribution in [2.45, 2.75) is 0 Å². The summed E-state index contributed by atoms with van der Waals surface area (Å²) in [6.07, 6.45) is 4.82. The lowest BCUT2D eigenvalue weighted by Crippen LogP contribution is -2.50. The summed E-state index contributed by atoms with van der Waals surface area (Å²) in [6, 6.07) is 6.80. The number of rotatable bonds is 1. The molecule has 0 spiro atoms. The summed E-state index contributed by atoms with van der Waals surface area (Å²) < 4.78 is 37.9. The first-order valence-electron chi connectivity index (χ1n) is 6.19. The third kappa shape index (κ3) is 1.66. The van der Waals surface area contributed by atoms with Crippen LogP contribution in [0.25, 0.3) is 5.57 Å². The quantitative estimate of drug-likeness (QED) is 0.639. The van der Waals surface area contributed by atoms with Crippen LogP contribution in [0.4, 0.5) is 8.63 Å². The maximum atomic E-state index is 14.9. The molecular formula is C13H7BBr2F2N2O. The number of aromatic nitrogens is 1. The van der Waals surface area contributed by atoms with Crippen LogP contribution in [0, 0.1) is 0 Å². The highest BCUT2D eigenvalue weighted by Gasteiger charge is 2.54. The molecule has 8 heteroatoms. The summed E-state index contributed by atoms with van der Waals surface area (Å²) in [4.78, 5) is 0. The van der Waals surface area contributed by atoms with Crippen LogP contribution in [-0.4, -0.2) is 20.6 Å². The molecule has 0 aromatic carbocycles. The Labute approximate surface area is 135 Å². The number of halogens is 4. The van der Waals surface area contributed by atoms with Crippen LogP contribution >= 0.6 is 31.9 Å². The van der Waals surface area contributed by atoms with Crippen LogP contribution in [0.3, 0.4) is 0 Å². The lowest BCUT2D eigenvalue weighted by atomic mass is 9.88. The lowest BCUT2D eigenvalue weighted by molar-refractivity contribution is -0.358. The van der Waals surface area contributed by atoms with Crippen LogP contribution in [0.15, 0.2) is 57.4 Å². The first-order chi connectivity index (χ1) is 10.0. The number of furan rings is 1. The largest absolute Gasteiger partial charge is 0.738 e. The van der Waals surface area contributed by atoms with Gasteiger partial charge in [0.25, 0.3) is 0 Å². The Balaban J connectivity index is 2.14. The van der Waals surface area contributed by atoms with Crippen molar-refractivity contribution < 1.29 is 17.5 Å². The van der Waals surface area contributed by atoms with E-state index in [1.165, 1.54) is 6.26 Å². The minimum Gasteiger partial charge on any atom is -0.464 e. The highest BCUT2D eigenvalue weighted by atomic mass is 79.9. The Morgan fingerprint density at radius 1 is 1.14 bits per heavy atom. The van der Waals surface area contributed by atoms with Gasteiger partial charge in [-0.05, 0) is 40.2 Å². The number of hydrogen-bond acceptors (Lipinski definition) is 1. The maximum Gasteiger partial charge on any atom is 0.738 e. The van der Waals surface area contributed by atoms with Gasteiger partial charge in [-0.15, -0.1) is 0 Å². The van der Waals surface area contributed by atoms with Gasteiger partial charge >= 0.3 is 6.97 Å². The Morgan fingerprint density at radius 3 is 2.67 bits per heavy atom. The molecule has 0 amide bonds. The summed E-state index contributed by atoms with van der Waals surface area (Å²) in [7, 11) is 0. The molecule has 2 aliphatic heterocycles. The molecule has 21 heavy (non-hydrogen) atoms. The van der Waals surface area contributed by atoms with Crippen LogP contribution in [-0.2, 0) is 0 Å². The van der Waals surface area contributed by atoms with Gasteiger partial charge in [0, 0.05) is 33.8 Å². The third-order valence-corrected chi connectivity index (χ3v) is 4.93. The van der Waals surface area contributed by atoms with E-state index in [-0.39, 0.29) is 0 Å². The van der Waals surface area contributed by atoms with Crippen LogP contribution in [0.5, 0.6) is 0 Å². The zero-order valence-corrected chi connectivity index (χ0v) is 13.6. The van der Waals surface area contributed by atoms with E-state index in [4.69, 9.17) is 4.42 Å². The molecule has 0 aliphatic carbocycles. The van der Waals surface area contributed by atoms with E-state index in [1.54, 1.807) is 36.4 Å². The van der Waals surface area contributed by atoms with Crippen LogP contribution in [0.1, 0.15) is 11.5 Å². The molecule has 3 nitrogen and oxygen atoms in total. The van der Waals surface area contributed by atoms with Gasteiger partial charge in [-0.3, -0.25) is 0 Å². The zero-order valence-electron chi connectivity index (χ0n) is 10.4. The molecule has 2 aromatic heterocycles. The Hall–Kier alpha value is -1.41. The van der Waals surface area contributed by atoms with Crippen molar-refractivity contribution in [1.82, 2.24) is 4.48 Å². The SMILES string of the molecule is F[B-]1(F)n2c(Br)ccc2C(c2ccco2)=C2C=CC(Br)=[N+]21. The van der Waals surface area contributed by atoms with Gasteiger partial charge in [-0.1, -0.05) is 0 Å². The van der Waals surface area contributed by atoms with Crippen molar-refractivity contribution in [2.24, 2.45) is 0 Å². The summed E-state index contributed by atoms with van der Waals surface area (Å²) in [6.45, 7) is -3.97. The van der Waals surface area contributed by atoms with Crippen LogP contribution in [0.2, 0.25) is 0 Å². The normalized spacial score (nSPS) is 19.2. The number of nitrogens with zero attached hydrogens (tertiary/aromatic N) is 2. The van der Waals surface area contributed by atoms with E-state index in [0.717, 1.165) is 8.96 Å². The van der Waals surface area contributed by atoms with Gasteiger partial charge in [0.05, 0.1) is 10.9 Å². The minimum absolute atomic E-state index is 0.331. The summed E-state index contributed by atoms with van der Waals surface area (Å²) in [5.41, 5.74) is 1.50. The lowest BCUT2D eigenvalue weighted by Gasteiger charge is -2.31. The predicted molar refractivity (Wildman–Crippen MR) is 83.6 cm³/mol. The highest BCUT2D eigenvalue weighted by Crippen LogP contribution is 2.41. The van der Waals surface area contributed by atoms with E-state index in [9.17, 15) is 8.63 Å². The fraction of sp³-hybridized carbons (Fsp3) is 0. The second kappa shape index (κ2) is 4.30. The number of allylic oxidation sites excluding steroid dienone is 2. The van der Waals surface area contributed by atoms with E-state index < -0.39 is 6.97 Å². The summed E-state index contributed by atoms with van der Waals surface area (Å²) in [5, 5.41) is 0. The molecule has 4 rings (SSSR count). The summed E-state index contributed by atoms with van der Waals surface area (Å²) >= 11 is 6.42. The molecule has 0 N–H and O–H groups in total. The summed E-state index contributed by atoms with van der Waals surface area (Å²) in [5.74, 6) is 0.556. The minimum atomic E-state index is -3.97. The standard InChI is InChI=1S/C13H7BBr2F2N2O/c15-11-5-3-8-13(10-2-1-7-21-10)9-4-6-12(16)20(9)14(17,18)19(8)11/h1-7H. The van der Waals surface area contributed by atoms with Crippen LogP contribution < -0.4 is 0 Å². The van der Waals surface area contributed by atoms with Crippen molar-refractivity contribution in [3.63, 3.8) is 0 Å². The smallest absolute Gasteiger partial charge is 0.464 e. The average molecular weight is 416 g/mol. The second-order valence-electron chi connectivity index (χ2n) is 4.76. The highest BCUT2D eigenvalue weighted by molar-refractivity contribution is 9.18. The average Bonchev–Trinajstić information content (AvgIpc) is 3.11. The van der Waals surface area contributed by atoms with Crippen molar-refractivity contribution in [2.75, 3.05) is 0 Å². The Bertz CT molecular complexity index is 850. The molecule has 0 bridgehead atoms. The predicted octanol–water partition coefficient (Wildman–Crippen LogP) is 4.22. The zero-order chi connectivity index (χ0) is 14.8. The van der Waals surface area contributed by atoms with Crippen molar-refractivity contribution in [3.8, 4) is 0 Å². The van der Waals surface area contributed by atoms with Gasteiger partial charge in [-0.2, -0.15) is 0 Å². The van der Waals surface area contributed by atoms with Gasteiger partial charge in [0.2, 0.25) is 4.62 Å². The molecule has 0 atom stereocenters. The van der Waals surface area contributed by atoms with E-state index in [0.29, 0.717) is 31.9 Å². The maximum absolute atomic E-state index is 14.9. The number of hydrogen-bond donors (Lipinski definition) is 0. The van der Waals surface area contributed by atoms with E-state index in [1.807, 2.05) is 0 Å². The molecule has 4 heterocycles. The first kappa shape index (κ1) is 13.3. The van der Waals surface area contributed by atoms with E-state index in [2.05, 4.69) is 31.9 Å². The number of fused-ring (bicyclic) bond motifs is 2. The van der Waals surface area contributed by atoms with Crippen molar-refractivity contribution >= 4 is 49.0 Å². The molecule has 0 fully saturated rings. The molecule has 0 radical (unpaired) electrons. The second-order valence-corrected chi connectivity index (χ2v) is 6.39. The molecule has 0 saturated heterocycles. The van der Waals surface area contributed by atoms with Gasteiger partial charge < -0.3 is 22.0 Å². The van der Waals surface area contributed by atoms with E-state index >= 15 is 0 Å². The molecular weight excluding hydrogens is 409 g/mol. The Morgan fingerprint density at radius 2 is 1.95 bits per heavy atom. The fourth-order valence-corrected chi connectivity index (χ4v) is 3.94. The molecule has 106 valence electrons. The topological polar surface area (TPSA) is 21.1 Å².